The average Bonchev–Trinajstić information content (AvgIpc) is 2.38. The summed E-state index contributed by atoms with van der Waals surface area (Å²) in [5, 5.41) is 9.70. The van der Waals surface area contributed by atoms with E-state index in [2.05, 4.69) is 12.3 Å². The van der Waals surface area contributed by atoms with Crippen LogP contribution in [0.4, 0.5) is 0 Å². The maximum absolute atomic E-state index is 11.5. The summed E-state index contributed by atoms with van der Waals surface area (Å²) < 4.78 is 0. The Balaban J connectivity index is 3.64. The number of carbonyl (C=O) groups excluding carboxylic acids is 2. The van der Waals surface area contributed by atoms with Crippen LogP contribution in [-0.2, 0) is 9.59 Å². The third-order valence-corrected chi connectivity index (χ3v) is 3.41. The lowest BCUT2D eigenvalue weighted by molar-refractivity contribution is -0.184. The Hall–Kier alpha value is -0.750. The van der Waals surface area contributed by atoms with Gasteiger partial charge in [-0.1, -0.05) is 32.6 Å². The van der Waals surface area contributed by atoms with E-state index in [-0.39, 0.29) is 12.3 Å². The molecule has 0 spiro atoms. The molecule has 0 fully saturated rings. The second-order valence-corrected chi connectivity index (χ2v) is 5.49. The van der Waals surface area contributed by atoms with E-state index in [1.54, 1.807) is 11.8 Å². The molecule has 0 aromatic heterocycles. The first-order valence-electron chi connectivity index (χ1n) is 6.92. The summed E-state index contributed by atoms with van der Waals surface area (Å²) in [5.74, 6) is 0.0934. The van der Waals surface area contributed by atoms with Gasteiger partial charge in [-0.3, -0.25) is 14.8 Å². The van der Waals surface area contributed by atoms with Gasteiger partial charge in [-0.15, -0.1) is 5.17 Å². The van der Waals surface area contributed by atoms with E-state index in [1.165, 1.54) is 12.8 Å². The van der Waals surface area contributed by atoms with Crippen molar-refractivity contribution in [2.45, 2.75) is 58.3 Å². The van der Waals surface area contributed by atoms with Gasteiger partial charge in [0.25, 0.3) is 5.91 Å². The maximum atomic E-state index is 11.5. The molecule has 0 bridgehead atoms. The third-order valence-electron chi connectivity index (χ3n) is 2.71. The van der Waals surface area contributed by atoms with Gasteiger partial charge in [0.1, 0.15) is 0 Å². The van der Waals surface area contributed by atoms with E-state index < -0.39 is 5.91 Å². The molecule has 0 heterocycles. The molecule has 6 heteroatoms. The molecule has 0 aromatic rings. The topological polar surface area (TPSA) is 69.6 Å². The Morgan fingerprint density at radius 2 is 1.79 bits per heavy atom. The van der Waals surface area contributed by atoms with Crippen LogP contribution in [0.15, 0.2) is 0 Å². The zero-order valence-electron chi connectivity index (χ0n) is 12.0. The van der Waals surface area contributed by atoms with Crippen LogP contribution in [-0.4, -0.2) is 34.2 Å². The summed E-state index contributed by atoms with van der Waals surface area (Å²) in [4.78, 5) is 22.9. The second kappa shape index (κ2) is 12.3. The standard InChI is InChI=1S/C13H26N2O3S/c1-3-4-5-6-7-9-12(16)14-15(18)13(17)10-8-11-19-2/h18H,3-11H2,1-2H3,(H,14,16). The Kier molecular flexibility index (Phi) is 11.8. The summed E-state index contributed by atoms with van der Waals surface area (Å²) in [6, 6.07) is 0. The number of nitrogens with one attached hydrogen (secondary N) is 1. The molecule has 112 valence electrons. The molecule has 0 unspecified atom stereocenters. The van der Waals surface area contributed by atoms with Crippen LogP contribution in [0.3, 0.4) is 0 Å². The maximum Gasteiger partial charge on any atom is 0.266 e. The van der Waals surface area contributed by atoms with E-state index in [0.29, 0.717) is 18.0 Å². The molecule has 0 saturated carbocycles. The lowest BCUT2D eigenvalue weighted by Crippen LogP contribution is -2.43. The smallest absolute Gasteiger partial charge is 0.266 e. The van der Waals surface area contributed by atoms with Gasteiger partial charge in [-0.2, -0.15) is 11.8 Å². The highest BCUT2D eigenvalue weighted by molar-refractivity contribution is 7.98. The van der Waals surface area contributed by atoms with Crippen LogP contribution in [0.25, 0.3) is 0 Å². The van der Waals surface area contributed by atoms with Gasteiger partial charge in [0, 0.05) is 12.8 Å². The number of hydrogen-bond donors (Lipinski definition) is 2. The zero-order chi connectivity index (χ0) is 14.5. The first kappa shape index (κ1) is 18.2. The highest BCUT2D eigenvalue weighted by Crippen LogP contribution is 2.05. The summed E-state index contributed by atoms with van der Waals surface area (Å²) in [7, 11) is 0. The minimum atomic E-state index is -0.464. The molecule has 0 saturated heterocycles. The Labute approximate surface area is 120 Å². The van der Waals surface area contributed by atoms with Gasteiger partial charge in [-0.25, -0.2) is 5.43 Å². The van der Waals surface area contributed by atoms with E-state index >= 15 is 0 Å². The summed E-state index contributed by atoms with van der Waals surface area (Å²) >= 11 is 1.65. The number of amides is 2. The first-order chi connectivity index (χ1) is 9.11. The normalized spacial score (nSPS) is 10.3. The monoisotopic (exact) mass is 290 g/mol. The summed E-state index contributed by atoms with van der Waals surface area (Å²) in [6.45, 7) is 2.14. The molecule has 2 amide bonds. The number of carbonyl (C=O) groups is 2. The minimum absolute atomic E-state index is 0.244. The molecule has 0 aliphatic heterocycles. The molecule has 0 rings (SSSR count). The second-order valence-electron chi connectivity index (χ2n) is 4.50. The lowest BCUT2D eigenvalue weighted by atomic mass is 10.1. The predicted octanol–water partition coefficient (Wildman–Crippen LogP) is 2.74. The fraction of sp³-hybridized carbons (Fsp3) is 0.846. The van der Waals surface area contributed by atoms with Crippen molar-refractivity contribution in [1.82, 2.24) is 10.6 Å². The van der Waals surface area contributed by atoms with Crippen molar-refractivity contribution in [3.8, 4) is 0 Å². The predicted molar refractivity (Wildman–Crippen MR) is 77.8 cm³/mol. The molecule has 0 radical (unpaired) electrons. The van der Waals surface area contributed by atoms with Crippen molar-refractivity contribution in [2.24, 2.45) is 0 Å². The van der Waals surface area contributed by atoms with Gasteiger partial charge in [-0.05, 0) is 24.9 Å². The van der Waals surface area contributed by atoms with Crippen molar-refractivity contribution in [2.75, 3.05) is 12.0 Å². The van der Waals surface area contributed by atoms with Crippen LogP contribution in [0.5, 0.6) is 0 Å². The van der Waals surface area contributed by atoms with Gasteiger partial charge in [0.05, 0.1) is 0 Å². The molecule has 0 atom stereocenters. The van der Waals surface area contributed by atoms with Gasteiger partial charge in [0.2, 0.25) is 5.91 Å². The highest BCUT2D eigenvalue weighted by Gasteiger charge is 2.13. The molecular weight excluding hydrogens is 264 g/mol. The number of hydrogen-bond acceptors (Lipinski definition) is 4. The van der Waals surface area contributed by atoms with Gasteiger partial charge in [0.15, 0.2) is 0 Å². The number of nitrogens with zero attached hydrogens (tertiary/aromatic N) is 1. The van der Waals surface area contributed by atoms with Gasteiger partial charge < -0.3 is 0 Å². The van der Waals surface area contributed by atoms with Crippen LogP contribution in [0.2, 0.25) is 0 Å². The number of unbranched alkanes of at least 4 members (excludes halogenated alkanes) is 4. The number of hydroxylamine groups is 1. The van der Waals surface area contributed by atoms with E-state index in [1.807, 2.05) is 6.26 Å². The zero-order valence-corrected chi connectivity index (χ0v) is 12.8. The highest BCUT2D eigenvalue weighted by atomic mass is 32.2. The fourth-order valence-electron chi connectivity index (χ4n) is 1.60. The van der Waals surface area contributed by atoms with Crippen molar-refractivity contribution in [3.05, 3.63) is 0 Å². The SMILES string of the molecule is CCCCCCCC(=O)NN(O)C(=O)CCCSC. The van der Waals surface area contributed by atoms with Crippen LogP contribution < -0.4 is 5.43 Å². The quantitative estimate of drug-likeness (QED) is 0.369. The van der Waals surface area contributed by atoms with Gasteiger partial charge >= 0.3 is 0 Å². The van der Waals surface area contributed by atoms with E-state index in [9.17, 15) is 14.8 Å². The molecule has 0 aromatic carbocycles. The van der Waals surface area contributed by atoms with Crippen molar-refractivity contribution < 1.29 is 14.8 Å². The van der Waals surface area contributed by atoms with Crippen LogP contribution >= 0.6 is 11.8 Å². The Morgan fingerprint density at radius 3 is 2.42 bits per heavy atom. The van der Waals surface area contributed by atoms with E-state index in [0.717, 1.165) is 25.0 Å². The van der Waals surface area contributed by atoms with Crippen molar-refractivity contribution in [1.29, 1.82) is 0 Å². The largest absolute Gasteiger partial charge is 0.273 e. The Bertz CT molecular complexity index is 262. The van der Waals surface area contributed by atoms with Crippen molar-refractivity contribution in [3.63, 3.8) is 0 Å². The minimum Gasteiger partial charge on any atom is -0.273 e. The molecular formula is C13H26N2O3S. The number of hydrazine groups is 1. The fourth-order valence-corrected chi connectivity index (χ4v) is 2.03. The van der Waals surface area contributed by atoms with Crippen LogP contribution in [0, 0.1) is 0 Å². The van der Waals surface area contributed by atoms with E-state index in [4.69, 9.17) is 0 Å². The molecule has 19 heavy (non-hydrogen) atoms. The number of thioether (sulfide) groups is 1. The molecule has 0 aliphatic rings. The van der Waals surface area contributed by atoms with Crippen LogP contribution in [0.1, 0.15) is 58.3 Å². The number of rotatable bonds is 10. The first-order valence-corrected chi connectivity index (χ1v) is 8.31. The molecule has 5 nitrogen and oxygen atoms in total. The third kappa shape index (κ3) is 10.8. The molecule has 2 N–H and O–H groups in total. The lowest BCUT2D eigenvalue weighted by Gasteiger charge is -2.15. The average molecular weight is 290 g/mol. The van der Waals surface area contributed by atoms with Crippen molar-refractivity contribution >= 4 is 23.6 Å². The summed E-state index contributed by atoms with van der Waals surface area (Å²) in [6.07, 6.45) is 8.52. The molecule has 0 aliphatic carbocycles. The summed E-state index contributed by atoms with van der Waals surface area (Å²) in [5.41, 5.74) is 2.19. The Morgan fingerprint density at radius 1 is 1.11 bits per heavy atom.